The van der Waals surface area contributed by atoms with Crippen LogP contribution in [0.4, 0.5) is 0 Å². The number of benzene rings is 2. The maximum atomic E-state index is 8.63. The highest BCUT2D eigenvalue weighted by atomic mass is 16.5. The molecule has 1 aromatic heterocycles. The van der Waals surface area contributed by atoms with Crippen molar-refractivity contribution in [2.24, 2.45) is 5.16 Å². The van der Waals surface area contributed by atoms with Crippen molar-refractivity contribution in [1.82, 2.24) is 9.55 Å². The Labute approximate surface area is 128 Å². The van der Waals surface area contributed by atoms with Crippen molar-refractivity contribution < 1.29 is 9.94 Å². The van der Waals surface area contributed by atoms with E-state index in [-0.39, 0.29) is 0 Å². The summed E-state index contributed by atoms with van der Waals surface area (Å²) in [4.78, 5) is 4.21. The molecule has 110 valence electrons. The molecule has 1 N–H and O–H groups in total. The van der Waals surface area contributed by atoms with Crippen LogP contribution < -0.4 is 4.74 Å². The van der Waals surface area contributed by atoms with Crippen molar-refractivity contribution in [3.05, 3.63) is 72.3 Å². The highest BCUT2D eigenvalue weighted by Gasteiger charge is 2.07. The number of aromatic nitrogens is 2. The molecule has 3 rings (SSSR count). The first kappa shape index (κ1) is 13.9. The summed E-state index contributed by atoms with van der Waals surface area (Å²) in [6.45, 7) is 1.91. The molecule has 0 spiro atoms. The minimum Gasteiger partial charge on any atom is -0.457 e. The van der Waals surface area contributed by atoms with Crippen molar-refractivity contribution in [3.8, 4) is 17.2 Å². The van der Waals surface area contributed by atoms with Gasteiger partial charge in [0.2, 0.25) is 0 Å². The lowest BCUT2D eigenvalue weighted by Gasteiger charge is -2.09. The highest BCUT2D eigenvalue weighted by molar-refractivity contribution is 5.78. The van der Waals surface area contributed by atoms with Crippen LogP contribution in [-0.2, 0) is 0 Å². The number of oxime groups is 1. The van der Waals surface area contributed by atoms with Gasteiger partial charge in [0.1, 0.15) is 23.5 Å². The Kier molecular flexibility index (Phi) is 3.87. The van der Waals surface area contributed by atoms with Crippen LogP contribution in [0.1, 0.15) is 11.4 Å². The van der Waals surface area contributed by atoms with Gasteiger partial charge in [-0.1, -0.05) is 29.4 Å². The third-order valence-corrected chi connectivity index (χ3v) is 3.30. The molecular formula is C17H15N3O2. The van der Waals surface area contributed by atoms with Crippen LogP contribution in [0.2, 0.25) is 0 Å². The molecule has 0 atom stereocenters. The second kappa shape index (κ2) is 6.13. The third kappa shape index (κ3) is 2.83. The molecule has 0 aliphatic carbocycles. The van der Waals surface area contributed by atoms with Crippen LogP contribution in [0.15, 0.2) is 66.1 Å². The van der Waals surface area contributed by atoms with Crippen LogP contribution in [-0.4, -0.2) is 21.0 Å². The molecule has 22 heavy (non-hydrogen) atoms. The summed E-state index contributed by atoms with van der Waals surface area (Å²) in [6.07, 6.45) is 3.00. The van der Waals surface area contributed by atoms with E-state index in [4.69, 9.17) is 9.94 Å². The fourth-order valence-corrected chi connectivity index (χ4v) is 2.19. The van der Waals surface area contributed by atoms with Crippen LogP contribution in [0.25, 0.3) is 5.69 Å². The molecular weight excluding hydrogens is 278 g/mol. The lowest BCUT2D eigenvalue weighted by molar-refractivity contribution is 0.321. The monoisotopic (exact) mass is 293 g/mol. The zero-order chi connectivity index (χ0) is 15.4. The van der Waals surface area contributed by atoms with E-state index in [1.165, 1.54) is 6.21 Å². The first-order valence-corrected chi connectivity index (χ1v) is 6.82. The van der Waals surface area contributed by atoms with Crippen molar-refractivity contribution in [2.45, 2.75) is 6.92 Å². The minimum absolute atomic E-state index is 0.622. The lowest BCUT2D eigenvalue weighted by atomic mass is 10.2. The lowest BCUT2D eigenvalue weighted by Crippen LogP contribution is -1.97. The molecule has 1 heterocycles. The predicted molar refractivity (Wildman–Crippen MR) is 84.2 cm³/mol. The van der Waals surface area contributed by atoms with E-state index < -0.39 is 0 Å². The van der Waals surface area contributed by atoms with Gasteiger partial charge in [0.15, 0.2) is 0 Å². The number of para-hydroxylation sites is 1. The van der Waals surface area contributed by atoms with Crippen molar-refractivity contribution >= 4 is 6.21 Å². The average Bonchev–Trinajstić information content (AvgIpc) is 2.90. The molecule has 0 unspecified atom stereocenters. The molecule has 0 fully saturated rings. The van der Waals surface area contributed by atoms with E-state index in [1.54, 1.807) is 6.33 Å². The maximum Gasteiger partial charge on any atom is 0.129 e. The summed E-state index contributed by atoms with van der Waals surface area (Å²) >= 11 is 0. The van der Waals surface area contributed by atoms with Crippen LogP contribution in [0.5, 0.6) is 11.5 Å². The first-order valence-electron chi connectivity index (χ1n) is 6.82. The molecule has 0 bridgehead atoms. The summed E-state index contributed by atoms with van der Waals surface area (Å²) in [5.41, 5.74) is 2.43. The fraction of sp³-hybridized carbons (Fsp3) is 0.0588. The van der Waals surface area contributed by atoms with Gasteiger partial charge in [0.05, 0.1) is 11.9 Å². The molecule has 0 radical (unpaired) electrons. The van der Waals surface area contributed by atoms with E-state index in [2.05, 4.69) is 10.1 Å². The maximum absolute atomic E-state index is 8.63. The van der Waals surface area contributed by atoms with Gasteiger partial charge in [0, 0.05) is 11.8 Å². The van der Waals surface area contributed by atoms with Gasteiger partial charge in [0.25, 0.3) is 0 Å². The molecule has 5 nitrogen and oxygen atoms in total. The second-order valence-corrected chi connectivity index (χ2v) is 4.74. The first-order chi connectivity index (χ1) is 10.8. The predicted octanol–water partition coefficient (Wildman–Crippen LogP) is 3.78. The normalized spacial score (nSPS) is 11.0. The number of imidazole rings is 1. The second-order valence-electron chi connectivity index (χ2n) is 4.74. The summed E-state index contributed by atoms with van der Waals surface area (Å²) < 4.78 is 7.75. The third-order valence-electron chi connectivity index (χ3n) is 3.30. The average molecular weight is 293 g/mol. The van der Waals surface area contributed by atoms with Gasteiger partial charge in [-0.25, -0.2) is 4.98 Å². The number of hydrogen-bond donors (Lipinski definition) is 1. The number of nitrogens with zero attached hydrogens (tertiary/aromatic N) is 3. The standard InChI is InChI=1S/C17H15N3O2/c1-13-17(11-19-21)18-12-20(13)14-6-5-9-16(10-14)22-15-7-3-2-4-8-15/h2-12,21H,1H3. The minimum atomic E-state index is 0.622. The quantitative estimate of drug-likeness (QED) is 0.452. The topological polar surface area (TPSA) is 59.6 Å². The number of ether oxygens (including phenoxy) is 1. The van der Waals surface area contributed by atoms with Gasteiger partial charge in [-0.15, -0.1) is 0 Å². The summed E-state index contributed by atoms with van der Waals surface area (Å²) in [6, 6.07) is 17.3. The van der Waals surface area contributed by atoms with Crippen LogP contribution in [0, 0.1) is 6.92 Å². The van der Waals surface area contributed by atoms with Gasteiger partial charge in [-0.2, -0.15) is 0 Å². The van der Waals surface area contributed by atoms with Crippen LogP contribution in [0.3, 0.4) is 0 Å². The molecule has 5 heteroatoms. The summed E-state index contributed by atoms with van der Waals surface area (Å²) in [5.74, 6) is 1.53. The zero-order valence-electron chi connectivity index (χ0n) is 12.0. The van der Waals surface area contributed by atoms with E-state index in [0.717, 1.165) is 22.9 Å². The molecule has 0 aliphatic heterocycles. The molecule has 0 amide bonds. The zero-order valence-corrected chi connectivity index (χ0v) is 12.0. The Balaban J connectivity index is 1.91. The smallest absolute Gasteiger partial charge is 0.129 e. The molecule has 0 saturated heterocycles. The van der Waals surface area contributed by atoms with E-state index in [1.807, 2.05) is 66.1 Å². The number of hydrogen-bond acceptors (Lipinski definition) is 4. The molecule has 2 aromatic carbocycles. The Morgan fingerprint density at radius 2 is 1.86 bits per heavy atom. The van der Waals surface area contributed by atoms with Gasteiger partial charge in [-0.3, -0.25) is 0 Å². The van der Waals surface area contributed by atoms with Gasteiger partial charge >= 0.3 is 0 Å². The van der Waals surface area contributed by atoms with E-state index in [9.17, 15) is 0 Å². The largest absolute Gasteiger partial charge is 0.457 e. The van der Waals surface area contributed by atoms with Crippen molar-refractivity contribution in [2.75, 3.05) is 0 Å². The van der Waals surface area contributed by atoms with E-state index in [0.29, 0.717) is 5.69 Å². The Bertz CT molecular complexity index is 795. The van der Waals surface area contributed by atoms with E-state index >= 15 is 0 Å². The SMILES string of the molecule is Cc1c(C=NO)ncn1-c1cccc(Oc2ccccc2)c1. The number of rotatable bonds is 4. The molecule has 0 saturated carbocycles. The van der Waals surface area contributed by atoms with Crippen molar-refractivity contribution in [3.63, 3.8) is 0 Å². The highest BCUT2D eigenvalue weighted by Crippen LogP contribution is 2.24. The van der Waals surface area contributed by atoms with Gasteiger partial charge < -0.3 is 14.5 Å². The fourth-order valence-electron chi connectivity index (χ4n) is 2.19. The summed E-state index contributed by atoms with van der Waals surface area (Å²) in [7, 11) is 0. The Morgan fingerprint density at radius 1 is 1.09 bits per heavy atom. The van der Waals surface area contributed by atoms with Gasteiger partial charge in [-0.05, 0) is 31.2 Å². The Hall–Kier alpha value is -3.08. The van der Waals surface area contributed by atoms with Crippen LogP contribution >= 0.6 is 0 Å². The summed E-state index contributed by atoms with van der Waals surface area (Å²) in [5, 5.41) is 11.7. The Morgan fingerprint density at radius 3 is 2.64 bits per heavy atom. The molecule has 3 aromatic rings. The molecule has 0 aliphatic rings. The van der Waals surface area contributed by atoms with Crippen molar-refractivity contribution in [1.29, 1.82) is 0 Å².